The highest BCUT2D eigenvalue weighted by molar-refractivity contribution is 5.93. The van der Waals surface area contributed by atoms with Gasteiger partial charge in [-0.3, -0.25) is 9.59 Å². The molecule has 7 atom stereocenters. The van der Waals surface area contributed by atoms with Crippen LogP contribution in [0.1, 0.15) is 65.7 Å². The molecule has 0 saturated heterocycles. The van der Waals surface area contributed by atoms with Crippen LogP contribution in [0.4, 0.5) is 0 Å². The summed E-state index contributed by atoms with van der Waals surface area (Å²) in [4.78, 5) is 25.2. The molecule has 0 spiro atoms. The first-order valence-corrected chi connectivity index (χ1v) is 9.79. The molecule has 0 heterocycles. The van der Waals surface area contributed by atoms with Crippen molar-refractivity contribution in [1.29, 1.82) is 0 Å². The van der Waals surface area contributed by atoms with Crippen LogP contribution in [0.25, 0.3) is 0 Å². The Labute approximate surface area is 145 Å². The number of carbonyl (C=O) groups excluding carboxylic acids is 2. The van der Waals surface area contributed by atoms with Crippen molar-refractivity contribution in [2.45, 2.75) is 71.8 Å². The first-order chi connectivity index (χ1) is 11.3. The Morgan fingerprint density at radius 2 is 1.92 bits per heavy atom. The molecule has 4 aliphatic rings. The molecule has 24 heavy (non-hydrogen) atoms. The van der Waals surface area contributed by atoms with Gasteiger partial charge < -0.3 is 5.73 Å². The zero-order valence-corrected chi connectivity index (χ0v) is 15.3. The summed E-state index contributed by atoms with van der Waals surface area (Å²) in [7, 11) is 0. The van der Waals surface area contributed by atoms with Crippen LogP contribution in [-0.2, 0) is 9.59 Å². The fraction of sp³-hybridized carbons (Fsp3) is 0.810. The maximum atomic E-state index is 13.3. The van der Waals surface area contributed by atoms with Gasteiger partial charge in [-0.05, 0) is 73.7 Å². The molecule has 3 nitrogen and oxygen atoms in total. The molecule has 0 aliphatic heterocycles. The molecule has 2 N–H and O–H groups in total. The summed E-state index contributed by atoms with van der Waals surface area (Å²) in [6.45, 7) is 6.72. The van der Waals surface area contributed by atoms with E-state index in [4.69, 9.17) is 5.73 Å². The predicted molar refractivity (Wildman–Crippen MR) is 94.2 cm³/mol. The number of allylic oxidation sites excluding steroid dienone is 1. The van der Waals surface area contributed by atoms with Crippen LogP contribution in [0.15, 0.2) is 11.6 Å². The van der Waals surface area contributed by atoms with Crippen molar-refractivity contribution in [3.63, 3.8) is 0 Å². The summed E-state index contributed by atoms with van der Waals surface area (Å²) in [5.74, 6) is 2.45. The Bertz CT molecular complexity index is 621. The number of fused-ring (bicyclic) bond motifs is 5. The van der Waals surface area contributed by atoms with Crippen LogP contribution < -0.4 is 5.73 Å². The van der Waals surface area contributed by atoms with E-state index in [2.05, 4.69) is 20.8 Å². The molecule has 0 bridgehead atoms. The van der Waals surface area contributed by atoms with Gasteiger partial charge in [-0.15, -0.1) is 0 Å². The van der Waals surface area contributed by atoms with E-state index in [0.717, 1.165) is 19.3 Å². The zero-order valence-electron chi connectivity index (χ0n) is 15.3. The van der Waals surface area contributed by atoms with E-state index in [-0.39, 0.29) is 28.6 Å². The number of ketones is 2. The molecule has 132 valence electrons. The lowest BCUT2D eigenvalue weighted by Gasteiger charge is -2.57. The Kier molecular flexibility index (Phi) is 3.62. The smallest absolute Gasteiger partial charge is 0.155 e. The van der Waals surface area contributed by atoms with Crippen LogP contribution in [0.5, 0.6) is 0 Å². The molecule has 0 amide bonds. The number of carbonyl (C=O) groups is 2. The first-order valence-electron chi connectivity index (χ1n) is 9.79. The number of nitrogens with two attached hydrogens (primary N) is 1. The number of Topliss-reactive ketones (excluding diaryl/α,β-unsaturated/α-hetero) is 1. The Morgan fingerprint density at radius 3 is 2.62 bits per heavy atom. The summed E-state index contributed by atoms with van der Waals surface area (Å²) in [5.41, 5.74) is 7.58. The van der Waals surface area contributed by atoms with E-state index in [1.54, 1.807) is 0 Å². The topological polar surface area (TPSA) is 60.2 Å². The second-order valence-electron chi connectivity index (χ2n) is 9.53. The van der Waals surface area contributed by atoms with Crippen molar-refractivity contribution >= 4 is 11.6 Å². The third-order valence-electron chi connectivity index (χ3n) is 8.36. The van der Waals surface area contributed by atoms with Crippen LogP contribution in [-0.4, -0.2) is 17.6 Å². The predicted octanol–water partition coefficient (Wildman–Crippen LogP) is 3.66. The van der Waals surface area contributed by atoms with Crippen molar-refractivity contribution in [3.8, 4) is 0 Å². The van der Waals surface area contributed by atoms with E-state index in [9.17, 15) is 9.59 Å². The molecule has 0 aromatic heterocycles. The highest BCUT2D eigenvalue weighted by Gasteiger charge is 2.62. The zero-order chi connectivity index (χ0) is 17.3. The summed E-state index contributed by atoms with van der Waals surface area (Å²) in [5, 5.41) is 0. The summed E-state index contributed by atoms with van der Waals surface area (Å²) in [6, 6.07) is 0.172. The van der Waals surface area contributed by atoms with Crippen molar-refractivity contribution in [2.24, 2.45) is 40.2 Å². The quantitative estimate of drug-likeness (QED) is 0.798. The van der Waals surface area contributed by atoms with E-state index < -0.39 is 0 Å². The average molecular weight is 329 g/mol. The van der Waals surface area contributed by atoms with Crippen LogP contribution in [0.2, 0.25) is 0 Å². The minimum Gasteiger partial charge on any atom is -0.328 e. The molecule has 0 aromatic rings. The van der Waals surface area contributed by atoms with Gasteiger partial charge in [-0.25, -0.2) is 0 Å². The molecule has 3 heteroatoms. The van der Waals surface area contributed by atoms with Gasteiger partial charge in [0, 0.05) is 24.8 Å². The summed E-state index contributed by atoms with van der Waals surface area (Å²) < 4.78 is 0. The lowest BCUT2D eigenvalue weighted by atomic mass is 9.46. The van der Waals surface area contributed by atoms with Gasteiger partial charge in [-0.1, -0.05) is 19.4 Å². The fourth-order valence-corrected chi connectivity index (χ4v) is 7.28. The van der Waals surface area contributed by atoms with E-state index in [1.807, 2.05) is 6.08 Å². The van der Waals surface area contributed by atoms with Gasteiger partial charge in [0.15, 0.2) is 5.78 Å². The minimum absolute atomic E-state index is 0.0678. The molecule has 4 rings (SSSR count). The van der Waals surface area contributed by atoms with Gasteiger partial charge in [0.1, 0.15) is 5.78 Å². The van der Waals surface area contributed by atoms with Crippen LogP contribution in [0, 0.1) is 34.5 Å². The number of hydrogen-bond acceptors (Lipinski definition) is 3. The highest BCUT2D eigenvalue weighted by Crippen LogP contribution is 2.65. The second-order valence-corrected chi connectivity index (χ2v) is 9.53. The van der Waals surface area contributed by atoms with Gasteiger partial charge >= 0.3 is 0 Å². The fourth-order valence-electron chi connectivity index (χ4n) is 7.28. The summed E-state index contributed by atoms with van der Waals surface area (Å²) >= 11 is 0. The lowest BCUT2D eigenvalue weighted by Crippen LogP contribution is -2.56. The SMILES string of the molecule is CC(N)[C@H]1CC[C@H]2[C@@H]3CCC4=CC(=O)CC[C@]4(C)[C@H]3C(=O)C[C@]12C. The number of rotatable bonds is 1. The lowest BCUT2D eigenvalue weighted by molar-refractivity contribution is -0.146. The largest absolute Gasteiger partial charge is 0.328 e. The minimum atomic E-state index is -0.0678. The van der Waals surface area contributed by atoms with E-state index in [1.165, 1.54) is 18.4 Å². The van der Waals surface area contributed by atoms with E-state index >= 15 is 0 Å². The van der Waals surface area contributed by atoms with Crippen molar-refractivity contribution in [1.82, 2.24) is 0 Å². The standard InChI is InChI=1S/C21H31NO2/c1-12(22)16-6-7-17-15-5-4-13-10-14(23)8-9-20(13,2)19(15)18(24)11-21(16,17)3/h10,12,15-17,19H,4-9,11,22H2,1-3H3/t12?,15-,16+,17-,19+,20-,21+/m0/s1. The maximum Gasteiger partial charge on any atom is 0.155 e. The molecule has 3 saturated carbocycles. The van der Waals surface area contributed by atoms with Crippen molar-refractivity contribution in [3.05, 3.63) is 11.6 Å². The molecule has 1 unspecified atom stereocenters. The molecule has 4 aliphatic carbocycles. The number of hydrogen-bond donors (Lipinski definition) is 1. The average Bonchev–Trinajstić information content (AvgIpc) is 2.84. The van der Waals surface area contributed by atoms with Gasteiger partial charge in [-0.2, -0.15) is 0 Å². The first kappa shape index (κ1) is 16.5. The van der Waals surface area contributed by atoms with Crippen LogP contribution >= 0.6 is 0 Å². The van der Waals surface area contributed by atoms with E-state index in [0.29, 0.717) is 36.4 Å². The molecule has 0 aromatic carbocycles. The van der Waals surface area contributed by atoms with Gasteiger partial charge in [0.25, 0.3) is 0 Å². The molecule has 0 radical (unpaired) electrons. The Morgan fingerprint density at radius 1 is 1.17 bits per heavy atom. The van der Waals surface area contributed by atoms with Crippen molar-refractivity contribution in [2.75, 3.05) is 0 Å². The second kappa shape index (κ2) is 5.27. The summed E-state index contributed by atoms with van der Waals surface area (Å²) in [6.07, 6.45) is 8.54. The Hall–Kier alpha value is -0.960. The molecular weight excluding hydrogens is 298 g/mol. The van der Waals surface area contributed by atoms with Crippen molar-refractivity contribution < 1.29 is 9.59 Å². The molecular formula is C21H31NO2. The van der Waals surface area contributed by atoms with Crippen LogP contribution in [0.3, 0.4) is 0 Å². The van der Waals surface area contributed by atoms with Gasteiger partial charge in [0.2, 0.25) is 0 Å². The third-order valence-corrected chi connectivity index (χ3v) is 8.36. The normalized spacial score (nSPS) is 49.1. The highest BCUT2D eigenvalue weighted by atomic mass is 16.1. The Balaban J connectivity index is 1.73. The third kappa shape index (κ3) is 2.06. The van der Waals surface area contributed by atoms with Gasteiger partial charge in [0.05, 0.1) is 0 Å². The monoisotopic (exact) mass is 329 g/mol. The molecule has 3 fully saturated rings. The maximum absolute atomic E-state index is 13.3.